The molecule has 10 heteroatoms. The maximum Gasteiger partial charge on any atom is 0.530 e. The van der Waals surface area contributed by atoms with Crippen molar-refractivity contribution in [3.05, 3.63) is 167 Å². The summed E-state index contributed by atoms with van der Waals surface area (Å²) >= 11 is 0. The lowest BCUT2D eigenvalue weighted by Gasteiger charge is -2.21. The first-order valence-corrected chi connectivity index (χ1v) is 16.8. The highest BCUT2D eigenvalue weighted by atomic mass is 31.2. The molecule has 0 fully saturated rings. The number of ketones is 1. The Labute approximate surface area is 280 Å². The van der Waals surface area contributed by atoms with Crippen molar-refractivity contribution in [1.82, 2.24) is 4.90 Å². The second-order valence-corrected chi connectivity index (χ2v) is 12.4. The number of phosphoric acid groups is 1. The summed E-state index contributed by atoms with van der Waals surface area (Å²) in [5, 5.41) is 0. The van der Waals surface area contributed by atoms with Crippen LogP contribution in [0.2, 0.25) is 0 Å². The van der Waals surface area contributed by atoms with Crippen molar-refractivity contribution in [1.29, 1.82) is 0 Å². The highest BCUT2D eigenvalue weighted by Crippen LogP contribution is 2.53. The van der Waals surface area contributed by atoms with Gasteiger partial charge in [0.25, 0.3) is 0 Å². The van der Waals surface area contributed by atoms with Gasteiger partial charge >= 0.3 is 13.9 Å². The Morgan fingerprint density at radius 1 is 0.583 bits per heavy atom. The monoisotopic (exact) mass is 665 g/mol. The fraction of sp³-hybridized carbons (Fsp3) is 0.158. The molecule has 0 spiro atoms. The molecule has 0 aliphatic heterocycles. The summed E-state index contributed by atoms with van der Waals surface area (Å²) in [5.41, 5.74) is 3.56. The summed E-state index contributed by atoms with van der Waals surface area (Å²) in [5.74, 6) is 0.157. The van der Waals surface area contributed by atoms with Gasteiger partial charge in [-0.2, -0.15) is 0 Å². The molecule has 0 aromatic heterocycles. The molecule has 0 unspecified atom stereocenters. The van der Waals surface area contributed by atoms with Crippen molar-refractivity contribution in [2.24, 2.45) is 0 Å². The lowest BCUT2D eigenvalue weighted by Crippen LogP contribution is -2.32. The Morgan fingerprint density at radius 2 is 1.08 bits per heavy atom. The molecule has 246 valence electrons. The first-order chi connectivity index (χ1) is 23.4. The summed E-state index contributed by atoms with van der Waals surface area (Å²) in [4.78, 5) is 26.5. The molecule has 0 atom stereocenters. The number of hydrogen-bond donors (Lipinski definition) is 0. The van der Waals surface area contributed by atoms with Gasteiger partial charge in [0, 0.05) is 12.6 Å². The molecule has 0 bridgehead atoms. The molecule has 0 aliphatic rings. The standard InChI is InChI=1S/C38H36NO8P/c1-39(25-35(40)34-20-12-5-13-21-34)38(41)44-27-33-22-23-36(37(24-33)43-26-30-14-6-2-7-15-30)47-48(42,45-28-31-16-8-3-9-17-31)46-29-32-18-10-4-11-19-32/h2-24H,25-29H2,1H3. The van der Waals surface area contributed by atoms with Crippen molar-refractivity contribution >= 4 is 19.7 Å². The molecule has 0 aliphatic carbocycles. The average Bonchev–Trinajstić information content (AvgIpc) is 3.13. The summed E-state index contributed by atoms with van der Waals surface area (Å²) < 4.78 is 43.4. The lowest BCUT2D eigenvalue weighted by atomic mass is 10.1. The molecule has 9 nitrogen and oxygen atoms in total. The zero-order chi connectivity index (χ0) is 33.6. The van der Waals surface area contributed by atoms with Crippen LogP contribution in [0, 0.1) is 0 Å². The fourth-order valence-corrected chi connectivity index (χ4v) is 5.67. The predicted molar refractivity (Wildman–Crippen MR) is 181 cm³/mol. The number of Topliss-reactive ketones (excluding diaryl/α,β-unsaturated/α-hetero) is 1. The number of nitrogens with zero attached hydrogens (tertiary/aromatic N) is 1. The lowest BCUT2D eigenvalue weighted by molar-refractivity contribution is 0.0849. The van der Waals surface area contributed by atoms with Crippen molar-refractivity contribution in [2.45, 2.75) is 26.4 Å². The van der Waals surface area contributed by atoms with Crippen LogP contribution in [0.3, 0.4) is 0 Å². The maximum absolute atomic E-state index is 14.1. The van der Waals surface area contributed by atoms with Crippen LogP contribution in [-0.4, -0.2) is 30.4 Å². The molecule has 5 rings (SSSR count). The fourth-order valence-electron chi connectivity index (χ4n) is 4.48. The van der Waals surface area contributed by atoms with Crippen LogP contribution in [-0.2, 0) is 44.8 Å². The summed E-state index contributed by atoms with van der Waals surface area (Å²) in [6.07, 6.45) is -0.667. The normalized spacial score (nSPS) is 11.0. The molecule has 5 aromatic rings. The van der Waals surface area contributed by atoms with Gasteiger partial charge < -0.3 is 18.9 Å². The number of likely N-dealkylation sites (N-methyl/N-ethyl adjacent to an activating group) is 1. The second kappa shape index (κ2) is 17.1. The molecule has 5 aromatic carbocycles. The highest BCUT2D eigenvalue weighted by molar-refractivity contribution is 7.48. The number of ether oxygens (including phenoxy) is 2. The van der Waals surface area contributed by atoms with Crippen LogP contribution in [0.1, 0.15) is 32.6 Å². The van der Waals surface area contributed by atoms with E-state index in [1.165, 1.54) is 11.9 Å². The summed E-state index contributed by atoms with van der Waals surface area (Å²) in [6.45, 7) is -0.0899. The van der Waals surface area contributed by atoms with Gasteiger partial charge in [0.05, 0.1) is 19.8 Å². The number of carbonyl (C=O) groups is 2. The van der Waals surface area contributed by atoms with Crippen LogP contribution in [0.4, 0.5) is 4.79 Å². The van der Waals surface area contributed by atoms with E-state index < -0.39 is 13.9 Å². The Balaban J connectivity index is 1.32. The molecule has 0 saturated heterocycles. The van der Waals surface area contributed by atoms with Crippen molar-refractivity contribution in [3.8, 4) is 11.5 Å². The predicted octanol–water partition coefficient (Wildman–Crippen LogP) is 8.64. The van der Waals surface area contributed by atoms with Crippen LogP contribution < -0.4 is 9.26 Å². The van der Waals surface area contributed by atoms with E-state index in [2.05, 4.69) is 0 Å². The first kappa shape index (κ1) is 34.1. The van der Waals surface area contributed by atoms with Gasteiger partial charge in [0.15, 0.2) is 17.3 Å². The Kier molecular flexibility index (Phi) is 12.2. The van der Waals surface area contributed by atoms with E-state index in [1.807, 2.05) is 97.1 Å². The van der Waals surface area contributed by atoms with Gasteiger partial charge in [-0.15, -0.1) is 0 Å². The number of hydrogen-bond acceptors (Lipinski definition) is 8. The van der Waals surface area contributed by atoms with Crippen molar-refractivity contribution in [3.63, 3.8) is 0 Å². The SMILES string of the molecule is CN(CC(=O)c1ccccc1)C(=O)OCc1ccc(OP(=O)(OCc2ccccc2)OCc2ccccc2)c(OCc2ccccc2)c1. The number of benzene rings is 5. The zero-order valence-electron chi connectivity index (χ0n) is 26.5. The van der Waals surface area contributed by atoms with Gasteiger partial charge in [-0.3, -0.25) is 13.8 Å². The third-order valence-electron chi connectivity index (χ3n) is 7.07. The van der Waals surface area contributed by atoms with Gasteiger partial charge in [-0.1, -0.05) is 127 Å². The van der Waals surface area contributed by atoms with Crippen LogP contribution in [0.25, 0.3) is 0 Å². The Bertz CT molecular complexity index is 1760. The summed E-state index contributed by atoms with van der Waals surface area (Å²) in [6, 6.07) is 41.7. The van der Waals surface area contributed by atoms with E-state index >= 15 is 0 Å². The van der Waals surface area contributed by atoms with E-state index in [9.17, 15) is 14.2 Å². The van der Waals surface area contributed by atoms with Gasteiger partial charge in [-0.05, 0) is 34.4 Å². The number of rotatable bonds is 16. The minimum atomic E-state index is -4.20. The molecular weight excluding hydrogens is 629 g/mol. The third kappa shape index (κ3) is 10.4. The molecule has 1 amide bonds. The van der Waals surface area contributed by atoms with E-state index in [-0.39, 0.29) is 50.3 Å². The smallest absolute Gasteiger partial charge is 0.485 e. The summed E-state index contributed by atoms with van der Waals surface area (Å²) in [7, 11) is -2.70. The zero-order valence-corrected chi connectivity index (χ0v) is 27.4. The number of carbonyl (C=O) groups excluding carboxylic acids is 2. The molecule has 0 radical (unpaired) electrons. The number of phosphoric ester groups is 1. The molecular formula is C38H36NO8P. The van der Waals surface area contributed by atoms with Crippen molar-refractivity contribution < 1.29 is 37.2 Å². The third-order valence-corrected chi connectivity index (χ3v) is 8.38. The first-order valence-electron chi connectivity index (χ1n) is 15.3. The van der Waals surface area contributed by atoms with Crippen LogP contribution in [0.15, 0.2) is 140 Å². The Hall–Kier alpha value is -5.21. The topological polar surface area (TPSA) is 101 Å². The van der Waals surface area contributed by atoms with Crippen LogP contribution in [0.5, 0.6) is 11.5 Å². The van der Waals surface area contributed by atoms with Gasteiger partial charge in [0.2, 0.25) is 0 Å². The van der Waals surface area contributed by atoms with E-state index in [1.54, 1.807) is 42.5 Å². The largest absolute Gasteiger partial charge is 0.530 e. The van der Waals surface area contributed by atoms with Gasteiger partial charge in [-0.25, -0.2) is 9.36 Å². The molecule has 0 saturated carbocycles. The number of amides is 1. The average molecular weight is 666 g/mol. The minimum absolute atomic E-state index is 0.0125. The molecule has 48 heavy (non-hydrogen) atoms. The second-order valence-electron chi connectivity index (χ2n) is 10.8. The quantitative estimate of drug-likeness (QED) is 0.0763. The van der Waals surface area contributed by atoms with E-state index in [0.29, 0.717) is 11.1 Å². The minimum Gasteiger partial charge on any atom is -0.485 e. The van der Waals surface area contributed by atoms with Gasteiger partial charge in [0.1, 0.15) is 13.2 Å². The van der Waals surface area contributed by atoms with E-state index in [0.717, 1.165) is 16.7 Å². The maximum atomic E-state index is 14.1. The van der Waals surface area contributed by atoms with Crippen LogP contribution >= 0.6 is 7.82 Å². The Morgan fingerprint density at radius 3 is 1.62 bits per heavy atom. The van der Waals surface area contributed by atoms with Crippen molar-refractivity contribution in [2.75, 3.05) is 13.6 Å². The molecule has 0 heterocycles. The highest BCUT2D eigenvalue weighted by Gasteiger charge is 2.31. The molecule has 0 N–H and O–H groups in total. The van der Waals surface area contributed by atoms with E-state index in [4.69, 9.17) is 23.0 Å².